The van der Waals surface area contributed by atoms with Crippen LogP contribution in [0.2, 0.25) is 5.02 Å². The first-order valence-electron chi connectivity index (χ1n) is 4.34. The summed E-state index contributed by atoms with van der Waals surface area (Å²) in [5.41, 5.74) is 0.955. The third-order valence-electron chi connectivity index (χ3n) is 2.11. The summed E-state index contributed by atoms with van der Waals surface area (Å²) in [6.07, 6.45) is 0. The van der Waals surface area contributed by atoms with Crippen molar-refractivity contribution in [3.8, 4) is 5.75 Å². The van der Waals surface area contributed by atoms with Crippen molar-refractivity contribution < 1.29 is 9.84 Å². The van der Waals surface area contributed by atoms with Gasteiger partial charge in [0.1, 0.15) is 5.75 Å². The Bertz CT molecular complexity index is 300. The van der Waals surface area contributed by atoms with Crippen molar-refractivity contribution in [1.29, 1.82) is 0 Å². The van der Waals surface area contributed by atoms with Crippen LogP contribution < -0.4 is 10.1 Å². The van der Waals surface area contributed by atoms with Crippen LogP contribution in [0.1, 0.15) is 11.6 Å². The van der Waals surface area contributed by atoms with E-state index in [-0.39, 0.29) is 12.6 Å². The largest absolute Gasteiger partial charge is 0.495 e. The predicted octanol–water partition coefficient (Wildman–Crippen LogP) is 1.60. The molecular weight excluding hydrogens is 202 g/mol. The van der Waals surface area contributed by atoms with E-state index in [0.29, 0.717) is 10.8 Å². The molecule has 0 heterocycles. The van der Waals surface area contributed by atoms with Crippen LogP contribution in [0.5, 0.6) is 5.75 Å². The van der Waals surface area contributed by atoms with E-state index < -0.39 is 0 Å². The number of hydrogen-bond donors (Lipinski definition) is 2. The lowest BCUT2D eigenvalue weighted by atomic mass is 10.1. The molecule has 0 aromatic heterocycles. The van der Waals surface area contributed by atoms with E-state index in [0.717, 1.165) is 5.56 Å². The molecule has 2 N–H and O–H groups in total. The topological polar surface area (TPSA) is 41.5 Å². The highest BCUT2D eigenvalue weighted by Crippen LogP contribution is 2.27. The normalized spacial score (nSPS) is 12.6. The van der Waals surface area contributed by atoms with Crippen LogP contribution in [0.25, 0.3) is 0 Å². The Hall–Kier alpha value is -0.770. The summed E-state index contributed by atoms with van der Waals surface area (Å²) < 4.78 is 5.08. The Morgan fingerprint density at radius 1 is 1.57 bits per heavy atom. The second-order valence-electron chi connectivity index (χ2n) is 2.92. The summed E-state index contributed by atoms with van der Waals surface area (Å²) in [5, 5.41) is 12.6. The van der Waals surface area contributed by atoms with E-state index in [1.807, 2.05) is 12.1 Å². The number of ether oxygens (including phenoxy) is 1. The van der Waals surface area contributed by atoms with Crippen LogP contribution in [0.4, 0.5) is 0 Å². The maximum atomic E-state index is 9.08. The number of hydrogen-bond acceptors (Lipinski definition) is 3. The number of methoxy groups -OCH3 is 1. The van der Waals surface area contributed by atoms with E-state index in [1.165, 1.54) is 0 Å². The second kappa shape index (κ2) is 5.20. The van der Waals surface area contributed by atoms with Crippen LogP contribution in [0.3, 0.4) is 0 Å². The average Bonchev–Trinajstić information content (AvgIpc) is 2.22. The van der Waals surface area contributed by atoms with Crippen LogP contribution in [-0.4, -0.2) is 25.9 Å². The molecule has 0 unspecified atom stereocenters. The zero-order valence-corrected chi connectivity index (χ0v) is 9.01. The second-order valence-corrected chi connectivity index (χ2v) is 3.33. The molecule has 0 aliphatic rings. The van der Waals surface area contributed by atoms with Gasteiger partial charge in [-0.2, -0.15) is 0 Å². The maximum Gasteiger partial charge on any atom is 0.137 e. The zero-order valence-electron chi connectivity index (χ0n) is 8.25. The molecule has 1 rings (SSSR count). The minimum Gasteiger partial charge on any atom is -0.495 e. The van der Waals surface area contributed by atoms with Crippen molar-refractivity contribution in [3.05, 3.63) is 28.8 Å². The van der Waals surface area contributed by atoms with Gasteiger partial charge in [0.15, 0.2) is 0 Å². The number of likely N-dealkylation sites (N-methyl/N-ethyl adjacent to an activating group) is 1. The quantitative estimate of drug-likeness (QED) is 0.802. The molecule has 0 spiro atoms. The van der Waals surface area contributed by atoms with Gasteiger partial charge in [-0.05, 0) is 24.7 Å². The van der Waals surface area contributed by atoms with Gasteiger partial charge in [-0.1, -0.05) is 17.7 Å². The fourth-order valence-electron chi connectivity index (χ4n) is 1.26. The Labute approximate surface area is 88.7 Å². The standard InChI is InChI=1S/C10H14ClNO2/c1-12-9(6-13)7-3-4-8(11)10(5-7)14-2/h3-5,9,12-13H,6H2,1-2H3/t9-/m0/s1. The van der Waals surface area contributed by atoms with Gasteiger partial charge in [0.25, 0.3) is 0 Å². The molecule has 78 valence electrons. The molecule has 0 amide bonds. The fourth-order valence-corrected chi connectivity index (χ4v) is 1.45. The van der Waals surface area contributed by atoms with Gasteiger partial charge >= 0.3 is 0 Å². The maximum absolute atomic E-state index is 9.08. The molecule has 0 aliphatic carbocycles. The van der Waals surface area contributed by atoms with E-state index in [4.69, 9.17) is 21.4 Å². The van der Waals surface area contributed by atoms with Gasteiger partial charge in [-0.25, -0.2) is 0 Å². The molecule has 0 saturated heterocycles. The lowest BCUT2D eigenvalue weighted by molar-refractivity contribution is 0.250. The third kappa shape index (κ3) is 2.38. The Balaban J connectivity index is 2.98. The summed E-state index contributed by atoms with van der Waals surface area (Å²) in [4.78, 5) is 0. The van der Waals surface area contributed by atoms with Crippen molar-refractivity contribution in [2.75, 3.05) is 20.8 Å². The lowest BCUT2D eigenvalue weighted by Crippen LogP contribution is -2.19. The number of aliphatic hydroxyl groups excluding tert-OH is 1. The Morgan fingerprint density at radius 3 is 2.79 bits per heavy atom. The van der Waals surface area contributed by atoms with Gasteiger partial charge in [0.05, 0.1) is 24.8 Å². The van der Waals surface area contributed by atoms with Crippen molar-refractivity contribution in [2.24, 2.45) is 0 Å². The van der Waals surface area contributed by atoms with Crippen molar-refractivity contribution in [3.63, 3.8) is 0 Å². The molecule has 0 radical (unpaired) electrons. The molecule has 0 fully saturated rings. The number of rotatable bonds is 4. The van der Waals surface area contributed by atoms with E-state index in [1.54, 1.807) is 20.2 Å². The molecule has 1 aromatic carbocycles. The van der Waals surface area contributed by atoms with Gasteiger partial charge < -0.3 is 15.2 Å². The van der Waals surface area contributed by atoms with Gasteiger partial charge in [-0.15, -0.1) is 0 Å². The summed E-state index contributed by atoms with van der Waals surface area (Å²) in [6, 6.07) is 5.36. The number of aliphatic hydroxyl groups is 1. The van der Waals surface area contributed by atoms with E-state index in [9.17, 15) is 0 Å². The molecule has 0 aliphatic heterocycles. The SMILES string of the molecule is CN[C@@H](CO)c1ccc(Cl)c(OC)c1. The first-order chi connectivity index (χ1) is 6.72. The first-order valence-corrected chi connectivity index (χ1v) is 4.72. The predicted molar refractivity (Wildman–Crippen MR) is 56.9 cm³/mol. The summed E-state index contributed by atoms with van der Waals surface area (Å²) in [7, 11) is 3.36. The molecule has 0 bridgehead atoms. The van der Waals surface area contributed by atoms with Crippen LogP contribution >= 0.6 is 11.6 Å². The van der Waals surface area contributed by atoms with E-state index in [2.05, 4.69) is 5.32 Å². The molecule has 3 nitrogen and oxygen atoms in total. The zero-order chi connectivity index (χ0) is 10.6. The minimum atomic E-state index is -0.0823. The number of nitrogens with one attached hydrogen (secondary N) is 1. The van der Waals surface area contributed by atoms with Crippen molar-refractivity contribution >= 4 is 11.6 Å². The summed E-state index contributed by atoms with van der Waals surface area (Å²) in [6.45, 7) is 0.0429. The Kier molecular flexibility index (Phi) is 4.20. The van der Waals surface area contributed by atoms with Crippen LogP contribution in [0.15, 0.2) is 18.2 Å². The smallest absolute Gasteiger partial charge is 0.137 e. The van der Waals surface area contributed by atoms with Gasteiger partial charge in [-0.3, -0.25) is 0 Å². The first kappa shape index (κ1) is 11.3. The summed E-state index contributed by atoms with van der Waals surface area (Å²) >= 11 is 5.88. The molecule has 14 heavy (non-hydrogen) atoms. The highest BCUT2D eigenvalue weighted by molar-refractivity contribution is 6.32. The molecule has 4 heteroatoms. The highest BCUT2D eigenvalue weighted by atomic mass is 35.5. The van der Waals surface area contributed by atoms with Gasteiger partial charge in [0, 0.05) is 0 Å². The highest BCUT2D eigenvalue weighted by Gasteiger charge is 2.09. The fraction of sp³-hybridized carbons (Fsp3) is 0.400. The Morgan fingerprint density at radius 2 is 2.29 bits per heavy atom. The van der Waals surface area contributed by atoms with Crippen molar-refractivity contribution in [2.45, 2.75) is 6.04 Å². The van der Waals surface area contributed by atoms with Crippen molar-refractivity contribution in [1.82, 2.24) is 5.32 Å². The number of halogens is 1. The van der Waals surface area contributed by atoms with Crippen LogP contribution in [-0.2, 0) is 0 Å². The average molecular weight is 216 g/mol. The molecular formula is C10H14ClNO2. The van der Waals surface area contributed by atoms with Gasteiger partial charge in [0.2, 0.25) is 0 Å². The number of benzene rings is 1. The molecule has 1 atom stereocenters. The summed E-state index contributed by atoms with van der Waals surface area (Å²) in [5.74, 6) is 0.623. The molecule has 1 aromatic rings. The third-order valence-corrected chi connectivity index (χ3v) is 2.42. The minimum absolute atomic E-state index is 0.0429. The lowest BCUT2D eigenvalue weighted by Gasteiger charge is -2.14. The monoisotopic (exact) mass is 215 g/mol. The van der Waals surface area contributed by atoms with E-state index >= 15 is 0 Å². The van der Waals surface area contributed by atoms with Crippen LogP contribution in [0, 0.1) is 0 Å². The molecule has 0 saturated carbocycles.